The molecular formula is C7H13N3O2. The summed E-state index contributed by atoms with van der Waals surface area (Å²) < 4.78 is 1.56. The summed E-state index contributed by atoms with van der Waals surface area (Å²) in [5.74, 6) is 0. The predicted octanol–water partition coefficient (Wildman–Crippen LogP) is -1.23. The lowest BCUT2D eigenvalue weighted by Crippen LogP contribution is -2.27. The van der Waals surface area contributed by atoms with Gasteiger partial charge < -0.3 is 15.9 Å². The molecule has 0 saturated carbocycles. The summed E-state index contributed by atoms with van der Waals surface area (Å²) in [6, 6.07) is 1.64. The Morgan fingerprint density at radius 3 is 2.75 bits per heavy atom. The number of hydrogen-bond acceptors (Lipinski definition) is 4. The molecule has 2 unspecified atom stereocenters. The topological polar surface area (TPSA) is 84.3 Å². The van der Waals surface area contributed by atoms with Gasteiger partial charge in [0.15, 0.2) is 0 Å². The SMILES string of the molecule is Cn1ccc(C(O)C(O)CN)n1. The highest BCUT2D eigenvalue weighted by Gasteiger charge is 2.18. The molecule has 68 valence electrons. The van der Waals surface area contributed by atoms with Crippen molar-refractivity contribution in [2.45, 2.75) is 12.2 Å². The van der Waals surface area contributed by atoms with Gasteiger partial charge in [-0.05, 0) is 6.07 Å². The van der Waals surface area contributed by atoms with Gasteiger partial charge in [-0.1, -0.05) is 0 Å². The molecule has 1 aromatic heterocycles. The summed E-state index contributed by atoms with van der Waals surface area (Å²) >= 11 is 0. The average molecular weight is 171 g/mol. The summed E-state index contributed by atoms with van der Waals surface area (Å²) in [6.07, 6.45) is -0.238. The van der Waals surface area contributed by atoms with Crippen LogP contribution >= 0.6 is 0 Å². The molecule has 0 aliphatic rings. The lowest BCUT2D eigenvalue weighted by Gasteiger charge is -2.12. The van der Waals surface area contributed by atoms with Crippen LogP contribution in [0.2, 0.25) is 0 Å². The number of aryl methyl sites for hydroxylation is 1. The van der Waals surface area contributed by atoms with Crippen molar-refractivity contribution in [3.05, 3.63) is 18.0 Å². The van der Waals surface area contributed by atoms with E-state index in [4.69, 9.17) is 10.8 Å². The van der Waals surface area contributed by atoms with E-state index in [-0.39, 0.29) is 6.54 Å². The van der Waals surface area contributed by atoms with Gasteiger partial charge in [0.1, 0.15) is 6.10 Å². The van der Waals surface area contributed by atoms with E-state index in [2.05, 4.69) is 5.10 Å². The molecule has 1 aromatic rings. The van der Waals surface area contributed by atoms with Crippen LogP contribution in [0, 0.1) is 0 Å². The van der Waals surface area contributed by atoms with Crippen molar-refractivity contribution in [3.63, 3.8) is 0 Å². The van der Waals surface area contributed by atoms with Crippen molar-refractivity contribution < 1.29 is 10.2 Å². The number of aliphatic hydroxyl groups is 2. The second-order valence-electron chi connectivity index (χ2n) is 2.66. The van der Waals surface area contributed by atoms with E-state index in [9.17, 15) is 5.11 Å². The molecule has 2 atom stereocenters. The van der Waals surface area contributed by atoms with E-state index in [0.717, 1.165) is 0 Å². The zero-order valence-corrected chi connectivity index (χ0v) is 6.88. The minimum absolute atomic E-state index is 0.0255. The first-order chi connectivity index (χ1) is 5.65. The Kier molecular flexibility index (Phi) is 2.80. The van der Waals surface area contributed by atoms with Gasteiger partial charge in [-0.15, -0.1) is 0 Å². The maximum atomic E-state index is 9.40. The number of rotatable bonds is 3. The summed E-state index contributed by atoms with van der Waals surface area (Å²) in [6.45, 7) is 0.0255. The number of hydrogen-bond donors (Lipinski definition) is 3. The van der Waals surface area contributed by atoms with Crippen LogP contribution < -0.4 is 5.73 Å². The molecule has 0 bridgehead atoms. The average Bonchev–Trinajstić information content (AvgIpc) is 2.49. The molecule has 4 N–H and O–H groups in total. The fourth-order valence-corrected chi connectivity index (χ4v) is 0.917. The highest BCUT2D eigenvalue weighted by atomic mass is 16.3. The number of aromatic nitrogens is 2. The molecule has 5 heteroatoms. The van der Waals surface area contributed by atoms with Crippen LogP contribution in [0.5, 0.6) is 0 Å². The molecule has 0 amide bonds. The van der Waals surface area contributed by atoms with Crippen LogP contribution in [0.15, 0.2) is 12.3 Å². The lowest BCUT2D eigenvalue weighted by molar-refractivity contribution is 0.0214. The molecule has 0 fully saturated rings. The van der Waals surface area contributed by atoms with Crippen LogP contribution in [0.3, 0.4) is 0 Å². The first-order valence-electron chi connectivity index (χ1n) is 3.71. The van der Waals surface area contributed by atoms with Crippen LogP contribution in [0.25, 0.3) is 0 Å². The van der Waals surface area contributed by atoms with Crippen molar-refractivity contribution in [2.24, 2.45) is 12.8 Å². The third kappa shape index (κ3) is 1.82. The minimum Gasteiger partial charge on any atom is -0.389 e. The monoisotopic (exact) mass is 171 g/mol. The van der Waals surface area contributed by atoms with Crippen molar-refractivity contribution in [2.75, 3.05) is 6.54 Å². The molecule has 12 heavy (non-hydrogen) atoms. The lowest BCUT2D eigenvalue weighted by atomic mass is 10.1. The number of nitrogens with zero attached hydrogens (tertiary/aromatic N) is 2. The van der Waals surface area contributed by atoms with Gasteiger partial charge in [0.05, 0.1) is 11.8 Å². The minimum atomic E-state index is -0.990. The second-order valence-corrected chi connectivity index (χ2v) is 2.66. The maximum Gasteiger partial charge on any atom is 0.125 e. The zero-order chi connectivity index (χ0) is 9.14. The molecule has 0 aliphatic carbocycles. The first-order valence-corrected chi connectivity index (χ1v) is 3.71. The van der Waals surface area contributed by atoms with Crippen LogP contribution in [-0.2, 0) is 7.05 Å². The fraction of sp³-hybridized carbons (Fsp3) is 0.571. The second kappa shape index (κ2) is 3.66. The van der Waals surface area contributed by atoms with Crippen molar-refractivity contribution >= 4 is 0 Å². The molecule has 5 nitrogen and oxygen atoms in total. The summed E-state index contributed by atoms with van der Waals surface area (Å²) in [7, 11) is 1.74. The zero-order valence-electron chi connectivity index (χ0n) is 6.88. The Morgan fingerprint density at radius 1 is 1.67 bits per heavy atom. The standard InChI is InChI=1S/C7H13N3O2/c1-10-3-2-5(9-10)7(12)6(11)4-8/h2-3,6-7,11-12H,4,8H2,1H3. The highest BCUT2D eigenvalue weighted by molar-refractivity contribution is 5.04. The molecule has 1 heterocycles. The number of nitrogens with two attached hydrogens (primary N) is 1. The third-order valence-corrected chi connectivity index (χ3v) is 1.64. The molecular weight excluding hydrogens is 158 g/mol. The van der Waals surface area contributed by atoms with Gasteiger partial charge in [0.2, 0.25) is 0 Å². The summed E-state index contributed by atoms with van der Waals surface area (Å²) in [5.41, 5.74) is 5.61. The Bertz CT molecular complexity index is 249. The Morgan fingerprint density at radius 2 is 2.33 bits per heavy atom. The molecule has 0 radical (unpaired) electrons. The van der Waals surface area contributed by atoms with Crippen LogP contribution in [0.1, 0.15) is 11.8 Å². The van der Waals surface area contributed by atoms with Gasteiger partial charge in [-0.3, -0.25) is 4.68 Å². The summed E-state index contributed by atoms with van der Waals surface area (Å²) in [5, 5.41) is 22.5. The van der Waals surface area contributed by atoms with Crippen molar-refractivity contribution in [1.29, 1.82) is 0 Å². The van der Waals surface area contributed by atoms with Gasteiger partial charge in [-0.2, -0.15) is 5.10 Å². The predicted molar refractivity (Wildman–Crippen MR) is 43.2 cm³/mol. The van der Waals surface area contributed by atoms with E-state index in [0.29, 0.717) is 5.69 Å². The summed E-state index contributed by atoms with van der Waals surface area (Å²) in [4.78, 5) is 0. The Balaban J connectivity index is 2.70. The van der Waals surface area contributed by atoms with Crippen molar-refractivity contribution in [3.8, 4) is 0 Å². The van der Waals surface area contributed by atoms with Crippen molar-refractivity contribution in [1.82, 2.24) is 9.78 Å². The van der Waals surface area contributed by atoms with E-state index >= 15 is 0 Å². The maximum absolute atomic E-state index is 9.40. The third-order valence-electron chi connectivity index (χ3n) is 1.64. The normalized spacial score (nSPS) is 16.0. The van der Waals surface area contributed by atoms with Gasteiger partial charge in [0, 0.05) is 19.8 Å². The fourth-order valence-electron chi connectivity index (χ4n) is 0.917. The van der Waals surface area contributed by atoms with E-state index < -0.39 is 12.2 Å². The molecule has 0 aromatic carbocycles. The Labute approximate surface area is 70.4 Å². The van der Waals surface area contributed by atoms with Gasteiger partial charge >= 0.3 is 0 Å². The van der Waals surface area contributed by atoms with Gasteiger partial charge in [0.25, 0.3) is 0 Å². The van der Waals surface area contributed by atoms with E-state index in [1.807, 2.05) is 0 Å². The molecule has 1 rings (SSSR count). The number of aliphatic hydroxyl groups excluding tert-OH is 2. The highest BCUT2D eigenvalue weighted by Crippen LogP contribution is 2.12. The van der Waals surface area contributed by atoms with E-state index in [1.54, 1.807) is 24.0 Å². The van der Waals surface area contributed by atoms with Gasteiger partial charge in [-0.25, -0.2) is 0 Å². The largest absolute Gasteiger partial charge is 0.389 e. The Hall–Kier alpha value is -0.910. The molecule has 0 spiro atoms. The molecule has 0 saturated heterocycles. The molecule has 0 aliphatic heterocycles. The van der Waals surface area contributed by atoms with E-state index in [1.165, 1.54) is 0 Å². The quantitative estimate of drug-likeness (QED) is 0.532. The van der Waals surface area contributed by atoms with Crippen LogP contribution in [0.4, 0.5) is 0 Å². The first kappa shape index (κ1) is 9.18. The van der Waals surface area contributed by atoms with Crippen LogP contribution in [-0.4, -0.2) is 32.6 Å². The smallest absolute Gasteiger partial charge is 0.125 e.